The number of benzene rings is 1. The summed E-state index contributed by atoms with van der Waals surface area (Å²) in [4.78, 5) is 20.9. The highest BCUT2D eigenvalue weighted by Gasteiger charge is 2.19. The Kier molecular flexibility index (Phi) is 4.98. The number of aromatic nitrogens is 2. The van der Waals surface area contributed by atoms with Gasteiger partial charge < -0.3 is 10.6 Å². The van der Waals surface area contributed by atoms with Gasteiger partial charge in [0.05, 0.1) is 0 Å². The molecule has 2 rings (SSSR count). The van der Waals surface area contributed by atoms with Crippen LogP contribution in [0.15, 0.2) is 36.5 Å². The van der Waals surface area contributed by atoms with E-state index in [2.05, 4.69) is 41.4 Å². The first-order chi connectivity index (χ1) is 10.8. The predicted molar refractivity (Wildman–Crippen MR) is 93.9 cm³/mol. The Balaban J connectivity index is 2.23. The molecule has 5 heteroatoms. The van der Waals surface area contributed by atoms with E-state index in [1.165, 1.54) is 0 Å². The molecule has 23 heavy (non-hydrogen) atoms. The minimum atomic E-state index is -0.240. The fraction of sp³-hybridized carbons (Fsp3) is 0.389. The molecule has 0 fully saturated rings. The molecule has 5 nitrogen and oxygen atoms in total. The zero-order valence-corrected chi connectivity index (χ0v) is 14.3. The number of hydrogen-bond acceptors (Lipinski definition) is 4. The smallest absolute Gasteiger partial charge is 0.274 e. The predicted octanol–water partition coefficient (Wildman–Crippen LogP) is 3.85. The molecule has 0 aliphatic heterocycles. The van der Waals surface area contributed by atoms with E-state index < -0.39 is 0 Å². The van der Waals surface area contributed by atoms with E-state index in [4.69, 9.17) is 0 Å². The molecule has 0 spiro atoms. The van der Waals surface area contributed by atoms with Gasteiger partial charge in [0.15, 0.2) is 0 Å². The van der Waals surface area contributed by atoms with Crippen molar-refractivity contribution in [3.63, 3.8) is 0 Å². The lowest BCUT2D eigenvalue weighted by Crippen LogP contribution is -2.20. The first kappa shape index (κ1) is 16.9. The standard InChI is InChI=1S/C18H24N4O/c1-12(2)20-17-19-11-10-15(22-17)16(23)21-14-9-7-6-8-13(14)18(3,4)5/h6-12H,1-5H3,(H,21,23)(H,19,20,22). The molecule has 122 valence electrons. The average Bonchev–Trinajstić information content (AvgIpc) is 2.46. The Morgan fingerprint density at radius 1 is 1.13 bits per heavy atom. The van der Waals surface area contributed by atoms with Gasteiger partial charge in [-0.25, -0.2) is 9.97 Å². The molecule has 1 aromatic carbocycles. The zero-order chi connectivity index (χ0) is 17.0. The van der Waals surface area contributed by atoms with Gasteiger partial charge in [-0.1, -0.05) is 39.0 Å². The summed E-state index contributed by atoms with van der Waals surface area (Å²) in [5.41, 5.74) is 2.18. The molecule has 2 N–H and O–H groups in total. The third kappa shape index (κ3) is 4.52. The Morgan fingerprint density at radius 3 is 2.48 bits per heavy atom. The lowest BCUT2D eigenvalue weighted by atomic mass is 9.86. The molecule has 0 aliphatic rings. The number of nitrogens with zero attached hydrogens (tertiary/aromatic N) is 2. The maximum atomic E-state index is 12.5. The van der Waals surface area contributed by atoms with Crippen LogP contribution in [0.3, 0.4) is 0 Å². The zero-order valence-electron chi connectivity index (χ0n) is 14.3. The maximum absolute atomic E-state index is 12.5. The summed E-state index contributed by atoms with van der Waals surface area (Å²) >= 11 is 0. The molecule has 1 aromatic heterocycles. The highest BCUT2D eigenvalue weighted by molar-refractivity contribution is 6.03. The monoisotopic (exact) mass is 312 g/mol. The van der Waals surface area contributed by atoms with Crippen molar-refractivity contribution in [1.82, 2.24) is 9.97 Å². The summed E-state index contributed by atoms with van der Waals surface area (Å²) in [6.45, 7) is 10.3. The minimum Gasteiger partial charge on any atom is -0.352 e. The second-order valence-electron chi connectivity index (χ2n) is 6.81. The van der Waals surface area contributed by atoms with Crippen molar-refractivity contribution < 1.29 is 4.79 Å². The number of hydrogen-bond donors (Lipinski definition) is 2. The van der Waals surface area contributed by atoms with E-state index in [-0.39, 0.29) is 17.4 Å². The fourth-order valence-electron chi connectivity index (χ4n) is 2.25. The highest BCUT2D eigenvalue weighted by atomic mass is 16.1. The Bertz CT molecular complexity index is 689. The van der Waals surface area contributed by atoms with Gasteiger partial charge in [0.2, 0.25) is 5.95 Å². The van der Waals surface area contributed by atoms with Crippen LogP contribution in [0.2, 0.25) is 0 Å². The van der Waals surface area contributed by atoms with Crippen molar-refractivity contribution in [2.75, 3.05) is 10.6 Å². The number of anilines is 2. The summed E-state index contributed by atoms with van der Waals surface area (Å²) in [7, 11) is 0. The second kappa shape index (κ2) is 6.77. The van der Waals surface area contributed by atoms with Gasteiger partial charge in [0, 0.05) is 17.9 Å². The van der Waals surface area contributed by atoms with Gasteiger partial charge in [0.25, 0.3) is 5.91 Å². The number of carbonyl (C=O) groups is 1. The van der Waals surface area contributed by atoms with Crippen LogP contribution in [0.25, 0.3) is 0 Å². The van der Waals surface area contributed by atoms with E-state index in [9.17, 15) is 4.79 Å². The Labute approximate surface area is 137 Å². The molecular weight excluding hydrogens is 288 g/mol. The van der Waals surface area contributed by atoms with Crippen LogP contribution in [0.4, 0.5) is 11.6 Å². The van der Waals surface area contributed by atoms with Crippen molar-refractivity contribution in [2.24, 2.45) is 0 Å². The fourth-order valence-corrected chi connectivity index (χ4v) is 2.25. The Hall–Kier alpha value is -2.43. The first-order valence-corrected chi connectivity index (χ1v) is 7.78. The van der Waals surface area contributed by atoms with E-state index in [0.29, 0.717) is 11.6 Å². The van der Waals surface area contributed by atoms with Crippen molar-refractivity contribution in [3.05, 3.63) is 47.8 Å². The van der Waals surface area contributed by atoms with Crippen LogP contribution in [0.5, 0.6) is 0 Å². The van der Waals surface area contributed by atoms with Gasteiger partial charge in [-0.3, -0.25) is 4.79 Å². The number of amides is 1. The van der Waals surface area contributed by atoms with Crippen LogP contribution in [0, 0.1) is 0 Å². The van der Waals surface area contributed by atoms with Crippen molar-refractivity contribution in [3.8, 4) is 0 Å². The van der Waals surface area contributed by atoms with Crippen LogP contribution in [-0.2, 0) is 5.41 Å². The largest absolute Gasteiger partial charge is 0.352 e. The van der Waals surface area contributed by atoms with Gasteiger partial charge >= 0.3 is 0 Å². The molecular formula is C18H24N4O. The number of nitrogens with one attached hydrogen (secondary N) is 2. The summed E-state index contributed by atoms with van der Waals surface area (Å²) in [5, 5.41) is 6.05. The van der Waals surface area contributed by atoms with Gasteiger partial charge in [-0.2, -0.15) is 0 Å². The minimum absolute atomic E-state index is 0.0557. The second-order valence-corrected chi connectivity index (χ2v) is 6.81. The molecule has 0 radical (unpaired) electrons. The topological polar surface area (TPSA) is 66.9 Å². The summed E-state index contributed by atoms with van der Waals surface area (Å²) in [5.74, 6) is 0.215. The molecule has 0 saturated carbocycles. The summed E-state index contributed by atoms with van der Waals surface area (Å²) in [6.07, 6.45) is 1.59. The highest BCUT2D eigenvalue weighted by Crippen LogP contribution is 2.29. The molecule has 0 aliphatic carbocycles. The van der Waals surface area contributed by atoms with Crippen molar-refractivity contribution in [1.29, 1.82) is 0 Å². The van der Waals surface area contributed by atoms with Crippen molar-refractivity contribution in [2.45, 2.75) is 46.1 Å². The average molecular weight is 312 g/mol. The number of rotatable bonds is 4. The van der Waals surface area contributed by atoms with Gasteiger partial charge in [-0.05, 0) is 37.0 Å². The molecule has 0 unspecified atom stereocenters. The normalized spacial score (nSPS) is 11.4. The molecule has 1 heterocycles. The van der Waals surface area contributed by atoms with Crippen LogP contribution in [-0.4, -0.2) is 21.9 Å². The summed E-state index contributed by atoms with van der Waals surface area (Å²) < 4.78 is 0. The van der Waals surface area contributed by atoms with E-state index in [1.807, 2.05) is 38.1 Å². The van der Waals surface area contributed by atoms with Crippen molar-refractivity contribution >= 4 is 17.5 Å². The van der Waals surface area contributed by atoms with E-state index in [1.54, 1.807) is 12.3 Å². The lowest BCUT2D eigenvalue weighted by molar-refractivity contribution is 0.102. The van der Waals surface area contributed by atoms with E-state index >= 15 is 0 Å². The third-order valence-electron chi connectivity index (χ3n) is 3.29. The lowest BCUT2D eigenvalue weighted by Gasteiger charge is -2.22. The molecule has 2 aromatic rings. The molecule has 0 atom stereocenters. The first-order valence-electron chi connectivity index (χ1n) is 7.78. The molecule has 0 bridgehead atoms. The SMILES string of the molecule is CC(C)Nc1nccc(C(=O)Nc2ccccc2C(C)(C)C)n1. The maximum Gasteiger partial charge on any atom is 0.274 e. The third-order valence-corrected chi connectivity index (χ3v) is 3.29. The van der Waals surface area contributed by atoms with E-state index in [0.717, 1.165) is 11.3 Å². The molecule has 1 amide bonds. The Morgan fingerprint density at radius 2 is 1.83 bits per heavy atom. The van der Waals surface area contributed by atoms with Crippen LogP contribution >= 0.6 is 0 Å². The van der Waals surface area contributed by atoms with Crippen LogP contribution in [0.1, 0.15) is 50.7 Å². The number of carbonyl (C=O) groups excluding carboxylic acids is 1. The van der Waals surface area contributed by atoms with Gasteiger partial charge in [-0.15, -0.1) is 0 Å². The number of para-hydroxylation sites is 1. The van der Waals surface area contributed by atoms with Crippen LogP contribution < -0.4 is 10.6 Å². The summed E-state index contributed by atoms with van der Waals surface area (Å²) in [6, 6.07) is 9.65. The quantitative estimate of drug-likeness (QED) is 0.900. The van der Waals surface area contributed by atoms with Gasteiger partial charge in [0.1, 0.15) is 5.69 Å². The molecule has 0 saturated heterocycles.